The maximum Gasteiger partial charge on any atom is 0.239 e. The van der Waals surface area contributed by atoms with Gasteiger partial charge >= 0.3 is 0 Å². The summed E-state index contributed by atoms with van der Waals surface area (Å²) in [4.78, 5) is 27.2. The molecule has 2 N–H and O–H groups in total. The predicted molar refractivity (Wildman–Crippen MR) is 72.6 cm³/mol. The van der Waals surface area contributed by atoms with Crippen molar-refractivity contribution in [2.75, 3.05) is 32.7 Å². The zero-order valence-corrected chi connectivity index (χ0v) is 12.1. The van der Waals surface area contributed by atoms with E-state index in [9.17, 15) is 14.7 Å². The van der Waals surface area contributed by atoms with Gasteiger partial charge in [-0.25, -0.2) is 0 Å². The second-order valence-electron chi connectivity index (χ2n) is 5.31. The van der Waals surface area contributed by atoms with Crippen molar-refractivity contribution >= 4 is 11.8 Å². The van der Waals surface area contributed by atoms with Crippen molar-refractivity contribution < 1.29 is 14.7 Å². The summed E-state index contributed by atoms with van der Waals surface area (Å²) >= 11 is 0. The zero-order valence-electron chi connectivity index (χ0n) is 12.1. The van der Waals surface area contributed by atoms with Gasteiger partial charge in [-0.15, -0.1) is 0 Å². The number of carbonyl (C=O) groups is 2. The third-order valence-corrected chi connectivity index (χ3v) is 3.12. The largest absolute Gasteiger partial charge is 0.392 e. The number of aliphatic hydroxyl groups excluding tert-OH is 1. The van der Waals surface area contributed by atoms with Crippen molar-refractivity contribution in [2.45, 2.75) is 39.3 Å². The van der Waals surface area contributed by atoms with E-state index < -0.39 is 0 Å². The Labute approximate surface area is 114 Å². The first-order chi connectivity index (χ1) is 8.92. The van der Waals surface area contributed by atoms with Crippen LogP contribution in [0.1, 0.15) is 27.2 Å². The quantitative estimate of drug-likeness (QED) is 0.678. The molecular formula is C13H25N3O3. The molecule has 1 saturated heterocycles. The molecule has 0 aromatic heterocycles. The third-order valence-electron chi connectivity index (χ3n) is 3.12. The molecule has 6 heteroatoms. The van der Waals surface area contributed by atoms with Gasteiger partial charge in [0, 0.05) is 25.7 Å². The fourth-order valence-corrected chi connectivity index (χ4v) is 2.16. The number of carbonyl (C=O) groups excluding carboxylic acids is 2. The smallest absolute Gasteiger partial charge is 0.239 e. The minimum Gasteiger partial charge on any atom is -0.392 e. The van der Waals surface area contributed by atoms with Crippen LogP contribution in [-0.2, 0) is 9.59 Å². The van der Waals surface area contributed by atoms with E-state index in [0.717, 1.165) is 6.54 Å². The number of β-amino-alcohol motifs (C(OH)–C–C–N with tert-alkyl or cyclic N) is 1. The summed E-state index contributed by atoms with van der Waals surface area (Å²) in [5, 5.41) is 12.2. The predicted octanol–water partition coefficient (Wildman–Crippen LogP) is -0.574. The molecule has 19 heavy (non-hydrogen) atoms. The number of hydrogen-bond acceptors (Lipinski definition) is 4. The zero-order chi connectivity index (χ0) is 14.4. The van der Waals surface area contributed by atoms with Crippen LogP contribution in [0.2, 0.25) is 0 Å². The first-order valence-electron chi connectivity index (χ1n) is 6.90. The van der Waals surface area contributed by atoms with Gasteiger partial charge in [0.2, 0.25) is 11.8 Å². The molecule has 0 bridgehead atoms. The van der Waals surface area contributed by atoms with Crippen LogP contribution in [0.3, 0.4) is 0 Å². The van der Waals surface area contributed by atoms with Crippen molar-refractivity contribution in [1.82, 2.24) is 15.1 Å². The average Bonchev–Trinajstić information content (AvgIpc) is 2.70. The van der Waals surface area contributed by atoms with Crippen LogP contribution in [0, 0.1) is 0 Å². The molecular weight excluding hydrogens is 246 g/mol. The molecule has 0 aromatic carbocycles. The molecule has 2 amide bonds. The third kappa shape index (κ3) is 5.57. The van der Waals surface area contributed by atoms with Crippen molar-refractivity contribution in [1.29, 1.82) is 0 Å². The number of aliphatic hydroxyl groups is 1. The summed E-state index contributed by atoms with van der Waals surface area (Å²) in [5.74, 6) is -0.192. The van der Waals surface area contributed by atoms with Gasteiger partial charge in [-0.05, 0) is 27.2 Å². The molecule has 1 aliphatic rings. The lowest BCUT2D eigenvalue weighted by Gasteiger charge is -2.24. The molecule has 1 unspecified atom stereocenters. The lowest BCUT2D eigenvalue weighted by atomic mass is 10.3. The normalized spacial score (nSPS) is 19.7. The Morgan fingerprint density at radius 3 is 2.63 bits per heavy atom. The molecule has 0 saturated carbocycles. The molecule has 0 aromatic rings. The van der Waals surface area contributed by atoms with Crippen molar-refractivity contribution in [3.8, 4) is 0 Å². The SMILES string of the molecule is CCN(CC(=O)NC(C)C)C(=O)CN1CCC(O)C1. The van der Waals surface area contributed by atoms with Gasteiger partial charge in [-0.3, -0.25) is 14.5 Å². The summed E-state index contributed by atoms with van der Waals surface area (Å²) in [6.07, 6.45) is 0.389. The Morgan fingerprint density at radius 2 is 2.16 bits per heavy atom. The first-order valence-corrected chi connectivity index (χ1v) is 6.90. The van der Waals surface area contributed by atoms with Crippen LogP contribution >= 0.6 is 0 Å². The van der Waals surface area contributed by atoms with Gasteiger partial charge in [0.05, 0.1) is 19.2 Å². The summed E-state index contributed by atoms with van der Waals surface area (Å²) in [7, 11) is 0. The molecule has 0 aliphatic carbocycles. The molecule has 6 nitrogen and oxygen atoms in total. The summed E-state index contributed by atoms with van der Waals surface area (Å²) < 4.78 is 0. The molecule has 1 heterocycles. The molecule has 110 valence electrons. The van der Waals surface area contributed by atoms with Crippen LogP contribution in [0.5, 0.6) is 0 Å². The van der Waals surface area contributed by atoms with E-state index in [1.807, 2.05) is 25.7 Å². The van der Waals surface area contributed by atoms with Crippen molar-refractivity contribution in [3.05, 3.63) is 0 Å². The molecule has 1 rings (SSSR count). The summed E-state index contributed by atoms with van der Waals surface area (Å²) in [6, 6.07) is 0.0787. The van der Waals surface area contributed by atoms with Crippen LogP contribution in [-0.4, -0.2) is 71.6 Å². The van der Waals surface area contributed by atoms with E-state index in [-0.39, 0.29) is 37.0 Å². The Balaban J connectivity index is 2.40. The minimum absolute atomic E-state index is 0.0597. The van der Waals surface area contributed by atoms with E-state index in [2.05, 4.69) is 5.32 Å². The van der Waals surface area contributed by atoms with Crippen LogP contribution in [0.4, 0.5) is 0 Å². The Morgan fingerprint density at radius 1 is 1.47 bits per heavy atom. The number of likely N-dealkylation sites (N-methyl/N-ethyl adjacent to an activating group) is 1. The highest BCUT2D eigenvalue weighted by Gasteiger charge is 2.24. The van der Waals surface area contributed by atoms with E-state index in [1.54, 1.807) is 4.90 Å². The maximum absolute atomic E-state index is 12.1. The van der Waals surface area contributed by atoms with Gasteiger partial charge in [0.25, 0.3) is 0 Å². The van der Waals surface area contributed by atoms with Gasteiger partial charge in [0.1, 0.15) is 0 Å². The van der Waals surface area contributed by atoms with Gasteiger partial charge in [-0.1, -0.05) is 0 Å². The number of nitrogens with one attached hydrogen (secondary N) is 1. The lowest BCUT2D eigenvalue weighted by molar-refractivity contribution is -0.136. The van der Waals surface area contributed by atoms with E-state index in [1.165, 1.54) is 0 Å². The maximum atomic E-state index is 12.1. The number of rotatable bonds is 6. The van der Waals surface area contributed by atoms with Gasteiger partial charge in [-0.2, -0.15) is 0 Å². The number of amides is 2. The molecule has 1 fully saturated rings. The fraction of sp³-hybridized carbons (Fsp3) is 0.846. The Hall–Kier alpha value is -1.14. The number of nitrogens with zero attached hydrogens (tertiary/aromatic N) is 2. The van der Waals surface area contributed by atoms with Gasteiger partial charge in [0.15, 0.2) is 0 Å². The fourth-order valence-electron chi connectivity index (χ4n) is 2.16. The van der Waals surface area contributed by atoms with E-state index in [4.69, 9.17) is 0 Å². The second-order valence-corrected chi connectivity index (χ2v) is 5.31. The number of likely N-dealkylation sites (tertiary alicyclic amines) is 1. The van der Waals surface area contributed by atoms with Crippen molar-refractivity contribution in [3.63, 3.8) is 0 Å². The molecule has 1 atom stereocenters. The monoisotopic (exact) mass is 271 g/mol. The summed E-state index contributed by atoms with van der Waals surface area (Å²) in [6.45, 7) is 7.82. The standard InChI is InChI=1S/C13H25N3O3/c1-4-16(8-12(18)14-10(2)3)13(19)9-15-6-5-11(17)7-15/h10-11,17H,4-9H2,1-3H3,(H,14,18). The van der Waals surface area contributed by atoms with Crippen molar-refractivity contribution in [2.24, 2.45) is 0 Å². The Bertz CT molecular complexity index is 320. The molecule has 0 spiro atoms. The minimum atomic E-state index is -0.327. The molecule has 1 aliphatic heterocycles. The number of hydrogen-bond donors (Lipinski definition) is 2. The second kappa shape index (κ2) is 7.45. The van der Waals surface area contributed by atoms with E-state index >= 15 is 0 Å². The highest BCUT2D eigenvalue weighted by Crippen LogP contribution is 2.08. The van der Waals surface area contributed by atoms with Crippen LogP contribution in [0.15, 0.2) is 0 Å². The highest BCUT2D eigenvalue weighted by atomic mass is 16.3. The van der Waals surface area contributed by atoms with Crippen LogP contribution in [0.25, 0.3) is 0 Å². The average molecular weight is 271 g/mol. The lowest BCUT2D eigenvalue weighted by Crippen LogP contribution is -2.46. The molecule has 0 radical (unpaired) electrons. The Kier molecular flexibility index (Phi) is 6.24. The first kappa shape index (κ1) is 15.9. The topological polar surface area (TPSA) is 72.9 Å². The van der Waals surface area contributed by atoms with Gasteiger partial charge < -0.3 is 15.3 Å². The highest BCUT2D eigenvalue weighted by molar-refractivity contribution is 5.85. The van der Waals surface area contributed by atoms with E-state index in [0.29, 0.717) is 19.5 Å². The van der Waals surface area contributed by atoms with Crippen LogP contribution < -0.4 is 5.32 Å². The summed E-state index contributed by atoms with van der Waals surface area (Å²) in [5.41, 5.74) is 0.